The number of nitrogens with zero attached hydrogens (tertiary/aromatic N) is 5. The van der Waals surface area contributed by atoms with Gasteiger partial charge >= 0.3 is 0 Å². The van der Waals surface area contributed by atoms with Crippen molar-refractivity contribution < 1.29 is 4.74 Å². The molecule has 8 heteroatoms. The van der Waals surface area contributed by atoms with Crippen molar-refractivity contribution in [2.75, 3.05) is 11.9 Å². The van der Waals surface area contributed by atoms with Crippen LogP contribution in [0.4, 0.5) is 5.69 Å². The van der Waals surface area contributed by atoms with Crippen molar-refractivity contribution in [1.82, 2.24) is 24.5 Å². The van der Waals surface area contributed by atoms with Gasteiger partial charge in [0.1, 0.15) is 5.69 Å². The summed E-state index contributed by atoms with van der Waals surface area (Å²) in [7, 11) is 3.49. The van der Waals surface area contributed by atoms with Crippen molar-refractivity contribution in [3.8, 4) is 5.88 Å². The standard InChI is InChI=1S/C20H24N6O2/c1-13-4-5-17(21-10-13)16-8-14(16)12-28-19-9-18(20(27)26(3)24-19)22-11-15-6-7-23-25(15)2/h4-7,9-10,14,16,22H,8,11-12H2,1-3H3. The molecule has 0 amide bonds. The Labute approximate surface area is 163 Å². The largest absolute Gasteiger partial charge is 0.476 e. The first kappa shape index (κ1) is 18.2. The van der Waals surface area contributed by atoms with E-state index in [9.17, 15) is 4.79 Å². The van der Waals surface area contributed by atoms with E-state index in [2.05, 4.69) is 32.6 Å². The Hall–Kier alpha value is -3.16. The predicted octanol–water partition coefficient (Wildman–Crippen LogP) is 2.01. The highest BCUT2D eigenvalue weighted by Gasteiger charge is 2.40. The summed E-state index contributed by atoms with van der Waals surface area (Å²) in [5, 5.41) is 11.5. The van der Waals surface area contributed by atoms with Crippen molar-refractivity contribution in [2.24, 2.45) is 20.0 Å². The third kappa shape index (κ3) is 3.90. The molecule has 1 aliphatic rings. The highest BCUT2D eigenvalue weighted by molar-refractivity contribution is 5.43. The first-order chi connectivity index (χ1) is 13.5. The van der Waals surface area contributed by atoms with Crippen LogP contribution < -0.4 is 15.6 Å². The molecule has 146 valence electrons. The normalized spacial score (nSPS) is 18.1. The lowest BCUT2D eigenvalue weighted by Gasteiger charge is -2.11. The Morgan fingerprint density at radius 3 is 2.82 bits per heavy atom. The number of hydrogen-bond acceptors (Lipinski definition) is 6. The van der Waals surface area contributed by atoms with Crippen LogP contribution in [0.15, 0.2) is 41.5 Å². The van der Waals surface area contributed by atoms with Gasteiger partial charge in [-0.2, -0.15) is 5.10 Å². The second kappa shape index (κ2) is 7.46. The minimum Gasteiger partial charge on any atom is -0.476 e. The van der Waals surface area contributed by atoms with Gasteiger partial charge < -0.3 is 10.1 Å². The highest BCUT2D eigenvalue weighted by Crippen LogP contribution is 2.46. The van der Waals surface area contributed by atoms with Gasteiger partial charge in [-0.25, -0.2) is 4.68 Å². The van der Waals surface area contributed by atoms with Crippen LogP contribution in [-0.4, -0.2) is 31.2 Å². The Kier molecular flexibility index (Phi) is 4.85. The van der Waals surface area contributed by atoms with E-state index in [0.29, 0.717) is 36.6 Å². The summed E-state index contributed by atoms with van der Waals surface area (Å²) in [6, 6.07) is 7.75. The van der Waals surface area contributed by atoms with E-state index in [1.165, 1.54) is 4.68 Å². The predicted molar refractivity (Wildman–Crippen MR) is 105 cm³/mol. The number of pyridine rings is 1. The molecule has 4 rings (SSSR count). The van der Waals surface area contributed by atoms with E-state index in [4.69, 9.17) is 4.74 Å². The quantitative estimate of drug-likeness (QED) is 0.675. The molecule has 0 aliphatic heterocycles. The van der Waals surface area contributed by atoms with Crippen LogP contribution in [0.1, 0.15) is 29.3 Å². The first-order valence-corrected chi connectivity index (χ1v) is 9.35. The van der Waals surface area contributed by atoms with E-state index < -0.39 is 0 Å². The summed E-state index contributed by atoms with van der Waals surface area (Å²) in [4.78, 5) is 16.8. The third-order valence-electron chi connectivity index (χ3n) is 5.11. The van der Waals surface area contributed by atoms with Gasteiger partial charge in [0, 0.05) is 50.1 Å². The maximum atomic E-state index is 12.3. The molecule has 1 saturated carbocycles. The summed E-state index contributed by atoms with van der Waals surface area (Å²) in [6.45, 7) is 3.10. The zero-order valence-electron chi connectivity index (χ0n) is 16.3. The first-order valence-electron chi connectivity index (χ1n) is 9.35. The molecule has 3 aromatic heterocycles. The lowest BCUT2D eigenvalue weighted by molar-refractivity contribution is 0.278. The maximum absolute atomic E-state index is 12.3. The topological polar surface area (TPSA) is 86.9 Å². The Bertz CT molecular complexity index is 1020. The molecule has 3 aromatic rings. The molecular formula is C20H24N6O2. The van der Waals surface area contributed by atoms with Crippen molar-refractivity contribution in [2.45, 2.75) is 25.8 Å². The fourth-order valence-electron chi connectivity index (χ4n) is 3.22. The fraction of sp³-hybridized carbons (Fsp3) is 0.400. The molecule has 0 aromatic carbocycles. The lowest BCUT2D eigenvalue weighted by Crippen LogP contribution is -2.24. The third-order valence-corrected chi connectivity index (χ3v) is 5.11. The van der Waals surface area contributed by atoms with Gasteiger partial charge in [-0.3, -0.25) is 14.5 Å². The number of nitrogens with one attached hydrogen (secondary N) is 1. The molecule has 0 bridgehead atoms. The molecule has 2 unspecified atom stereocenters. The van der Waals surface area contributed by atoms with Crippen LogP contribution in [0.2, 0.25) is 0 Å². The molecule has 1 fully saturated rings. The maximum Gasteiger partial charge on any atom is 0.290 e. The zero-order valence-corrected chi connectivity index (χ0v) is 16.3. The van der Waals surface area contributed by atoms with Crippen LogP contribution in [0, 0.1) is 12.8 Å². The molecule has 1 N–H and O–H groups in total. The minimum atomic E-state index is -0.192. The van der Waals surface area contributed by atoms with Crippen molar-refractivity contribution >= 4 is 5.69 Å². The summed E-state index contributed by atoms with van der Waals surface area (Å²) >= 11 is 0. The molecular weight excluding hydrogens is 356 g/mol. The van der Waals surface area contributed by atoms with Crippen molar-refractivity contribution in [1.29, 1.82) is 0 Å². The Balaban J connectivity index is 1.38. The van der Waals surface area contributed by atoms with Gasteiger partial charge in [-0.15, -0.1) is 5.10 Å². The van der Waals surface area contributed by atoms with Crippen LogP contribution in [0.3, 0.4) is 0 Å². The summed E-state index contributed by atoms with van der Waals surface area (Å²) in [5.41, 5.74) is 3.53. The van der Waals surface area contributed by atoms with Crippen LogP contribution in [-0.2, 0) is 20.6 Å². The molecule has 8 nitrogen and oxygen atoms in total. The Morgan fingerprint density at radius 1 is 1.25 bits per heavy atom. The number of ether oxygens (including phenoxy) is 1. The highest BCUT2D eigenvalue weighted by atomic mass is 16.5. The van der Waals surface area contributed by atoms with E-state index in [0.717, 1.165) is 23.4 Å². The molecule has 0 spiro atoms. The van der Waals surface area contributed by atoms with Crippen LogP contribution in [0.25, 0.3) is 0 Å². The van der Waals surface area contributed by atoms with E-state index >= 15 is 0 Å². The number of anilines is 1. The number of aryl methyl sites for hydroxylation is 3. The number of rotatable bonds is 7. The molecule has 0 saturated heterocycles. The molecule has 0 radical (unpaired) electrons. The average molecular weight is 380 g/mol. The van der Waals surface area contributed by atoms with Gasteiger partial charge in [0.05, 0.1) is 18.8 Å². The lowest BCUT2D eigenvalue weighted by atomic mass is 10.2. The van der Waals surface area contributed by atoms with Gasteiger partial charge in [-0.1, -0.05) is 6.07 Å². The summed E-state index contributed by atoms with van der Waals surface area (Å²) in [5.74, 6) is 1.31. The van der Waals surface area contributed by atoms with Gasteiger partial charge in [0.25, 0.3) is 5.56 Å². The summed E-state index contributed by atoms with van der Waals surface area (Å²) < 4.78 is 8.95. The minimum absolute atomic E-state index is 0.192. The van der Waals surface area contributed by atoms with Gasteiger partial charge in [-0.05, 0) is 31.0 Å². The molecule has 28 heavy (non-hydrogen) atoms. The smallest absolute Gasteiger partial charge is 0.290 e. The molecule has 3 heterocycles. The van der Waals surface area contributed by atoms with E-state index in [-0.39, 0.29) is 5.56 Å². The van der Waals surface area contributed by atoms with Crippen LogP contribution >= 0.6 is 0 Å². The monoisotopic (exact) mass is 380 g/mol. The van der Waals surface area contributed by atoms with Gasteiger partial charge in [0.15, 0.2) is 0 Å². The summed E-state index contributed by atoms with van der Waals surface area (Å²) in [6.07, 6.45) is 4.69. The Morgan fingerprint density at radius 2 is 2.11 bits per heavy atom. The molecule has 2 atom stereocenters. The number of hydrogen-bond donors (Lipinski definition) is 1. The van der Waals surface area contributed by atoms with Crippen molar-refractivity contribution in [3.05, 3.63) is 64.0 Å². The molecule has 1 aliphatic carbocycles. The van der Waals surface area contributed by atoms with Gasteiger partial charge in [0.2, 0.25) is 5.88 Å². The zero-order chi connectivity index (χ0) is 19.7. The van der Waals surface area contributed by atoms with Crippen LogP contribution in [0.5, 0.6) is 5.88 Å². The number of aromatic nitrogens is 5. The second-order valence-corrected chi connectivity index (χ2v) is 7.30. The van der Waals surface area contributed by atoms with E-state index in [1.54, 1.807) is 24.0 Å². The second-order valence-electron chi connectivity index (χ2n) is 7.30. The SMILES string of the molecule is Cc1ccc(C2CC2COc2cc(NCc3ccnn3C)c(=O)n(C)n2)nc1. The van der Waals surface area contributed by atoms with E-state index in [1.807, 2.05) is 26.2 Å². The average Bonchev–Trinajstić information content (AvgIpc) is 3.35. The van der Waals surface area contributed by atoms with Crippen molar-refractivity contribution in [3.63, 3.8) is 0 Å². The fourth-order valence-corrected chi connectivity index (χ4v) is 3.22.